The molecular weight excluding hydrogens is 278 g/mol. The molecule has 1 aromatic heterocycles. The minimum atomic E-state index is -0.355. The van der Waals surface area contributed by atoms with Crippen molar-refractivity contribution in [3.63, 3.8) is 0 Å². The minimum Gasteiger partial charge on any atom is -0.473 e. The summed E-state index contributed by atoms with van der Waals surface area (Å²) in [6, 6.07) is 11.8. The zero-order valence-corrected chi connectivity index (χ0v) is 12.8. The molecule has 0 unspecified atom stereocenters. The fraction of sp³-hybridized carbons (Fsp3) is 0.222. The van der Waals surface area contributed by atoms with E-state index in [0.29, 0.717) is 19.1 Å². The molecule has 0 atom stereocenters. The molecule has 1 aromatic carbocycles. The molecule has 0 saturated carbocycles. The zero-order chi connectivity index (χ0) is 15.8. The smallest absolute Gasteiger partial charge is 0.330 e. The third-order valence-corrected chi connectivity index (χ3v) is 3.04. The van der Waals surface area contributed by atoms with Gasteiger partial charge in [-0.3, -0.25) is 0 Å². The molecule has 4 heteroatoms. The third kappa shape index (κ3) is 4.74. The fourth-order valence-electron chi connectivity index (χ4n) is 1.87. The van der Waals surface area contributed by atoms with Gasteiger partial charge < -0.3 is 9.47 Å². The summed E-state index contributed by atoms with van der Waals surface area (Å²) in [6.07, 6.45) is 4.78. The van der Waals surface area contributed by atoms with E-state index in [0.717, 1.165) is 16.7 Å². The maximum atomic E-state index is 11.3. The van der Waals surface area contributed by atoms with Crippen molar-refractivity contribution < 1.29 is 14.3 Å². The Bertz CT molecular complexity index is 651. The van der Waals surface area contributed by atoms with Gasteiger partial charge in [0.15, 0.2) is 0 Å². The van der Waals surface area contributed by atoms with E-state index in [4.69, 9.17) is 9.47 Å². The van der Waals surface area contributed by atoms with E-state index in [2.05, 4.69) is 4.98 Å². The van der Waals surface area contributed by atoms with Gasteiger partial charge in [0, 0.05) is 18.3 Å². The first-order valence-corrected chi connectivity index (χ1v) is 7.17. The summed E-state index contributed by atoms with van der Waals surface area (Å²) in [5.74, 6) is 0.209. The second kappa shape index (κ2) is 7.98. The van der Waals surface area contributed by atoms with Crippen LogP contribution in [0, 0.1) is 6.92 Å². The van der Waals surface area contributed by atoms with Crippen LogP contribution in [0.2, 0.25) is 0 Å². The van der Waals surface area contributed by atoms with Gasteiger partial charge in [-0.25, -0.2) is 9.78 Å². The van der Waals surface area contributed by atoms with Crippen LogP contribution in [0.15, 0.2) is 48.7 Å². The van der Waals surface area contributed by atoms with E-state index in [9.17, 15) is 4.79 Å². The summed E-state index contributed by atoms with van der Waals surface area (Å²) in [6.45, 7) is 4.57. The minimum absolute atomic E-state index is 0.355. The molecule has 2 rings (SSSR count). The second-order valence-corrected chi connectivity index (χ2v) is 4.74. The lowest BCUT2D eigenvalue weighted by atomic mass is 10.1. The van der Waals surface area contributed by atoms with Gasteiger partial charge in [0.1, 0.15) is 6.61 Å². The average Bonchev–Trinajstić information content (AvgIpc) is 2.53. The number of ether oxygens (including phenoxy) is 2. The van der Waals surface area contributed by atoms with Gasteiger partial charge in [-0.15, -0.1) is 0 Å². The number of aryl methyl sites for hydroxylation is 1. The van der Waals surface area contributed by atoms with Crippen LogP contribution < -0.4 is 4.74 Å². The Balaban J connectivity index is 1.98. The van der Waals surface area contributed by atoms with Crippen molar-refractivity contribution in [3.8, 4) is 5.88 Å². The van der Waals surface area contributed by atoms with Gasteiger partial charge in [0.05, 0.1) is 6.61 Å². The third-order valence-electron chi connectivity index (χ3n) is 3.04. The van der Waals surface area contributed by atoms with Crippen molar-refractivity contribution in [2.75, 3.05) is 6.61 Å². The van der Waals surface area contributed by atoms with Crippen LogP contribution in [0.3, 0.4) is 0 Å². The molecule has 4 nitrogen and oxygen atoms in total. The molecule has 0 radical (unpaired) electrons. The van der Waals surface area contributed by atoms with Crippen molar-refractivity contribution in [1.82, 2.24) is 4.98 Å². The lowest BCUT2D eigenvalue weighted by molar-refractivity contribution is -0.137. The summed E-state index contributed by atoms with van der Waals surface area (Å²) in [4.78, 5) is 15.6. The highest BCUT2D eigenvalue weighted by molar-refractivity contribution is 5.87. The van der Waals surface area contributed by atoms with Gasteiger partial charge in [0.25, 0.3) is 0 Å². The van der Waals surface area contributed by atoms with Crippen LogP contribution in [0.5, 0.6) is 5.88 Å². The molecular formula is C18H19NO3. The van der Waals surface area contributed by atoms with Crippen LogP contribution in [-0.2, 0) is 16.1 Å². The molecule has 1 heterocycles. The van der Waals surface area contributed by atoms with E-state index in [1.165, 1.54) is 6.08 Å². The molecule has 114 valence electrons. The molecule has 0 spiro atoms. The molecule has 0 saturated heterocycles. The Hall–Kier alpha value is -2.62. The average molecular weight is 297 g/mol. The first-order chi connectivity index (χ1) is 10.7. The highest BCUT2D eigenvalue weighted by atomic mass is 16.5. The number of benzene rings is 1. The number of carbonyl (C=O) groups excluding carboxylic acids is 1. The number of pyridine rings is 1. The van der Waals surface area contributed by atoms with Gasteiger partial charge in [0.2, 0.25) is 5.88 Å². The van der Waals surface area contributed by atoms with Crippen LogP contribution in [0.25, 0.3) is 6.08 Å². The summed E-state index contributed by atoms with van der Waals surface area (Å²) in [7, 11) is 0. The van der Waals surface area contributed by atoms with E-state index in [-0.39, 0.29) is 5.97 Å². The number of esters is 1. The topological polar surface area (TPSA) is 48.4 Å². The highest BCUT2D eigenvalue weighted by Crippen LogP contribution is 2.16. The largest absolute Gasteiger partial charge is 0.473 e. The Kier molecular flexibility index (Phi) is 5.72. The first-order valence-electron chi connectivity index (χ1n) is 7.17. The summed E-state index contributed by atoms with van der Waals surface area (Å²) < 4.78 is 10.5. The zero-order valence-electron chi connectivity index (χ0n) is 12.8. The van der Waals surface area contributed by atoms with E-state index in [1.807, 2.05) is 43.3 Å². The Morgan fingerprint density at radius 2 is 2.05 bits per heavy atom. The van der Waals surface area contributed by atoms with Crippen molar-refractivity contribution >= 4 is 12.0 Å². The normalized spacial score (nSPS) is 10.6. The Morgan fingerprint density at radius 1 is 1.27 bits per heavy atom. The lowest BCUT2D eigenvalue weighted by Gasteiger charge is -2.07. The fourth-order valence-corrected chi connectivity index (χ4v) is 1.87. The lowest BCUT2D eigenvalue weighted by Crippen LogP contribution is -2.00. The molecule has 0 bridgehead atoms. The van der Waals surface area contributed by atoms with Crippen molar-refractivity contribution in [1.29, 1.82) is 0 Å². The first kappa shape index (κ1) is 15.8. The molecule has 22 heavy (non-hydrogen) atoms. The number of carbonyl (C=O) groups is 1. The van der Waals surface area contributed by atoms with Crippen molar-refractivity contribution in [3.05, 3.63) is 65.4 Å². The Labute approximate surface area is 130 Å². The van der Waals surface area contributed by atoms with E-state index >= 15 is 0 Å². The van der Waals surface area contributed by atoms with Gasteiger partial charge in [-0.2, -0.15) is 0 Å². The van der Waals surface area contributed by atoms with Gasteiger partial charge in [-0.05, 0) is 36.6 Å². The number of nitrogens with zero attached hydrogens (tertiary/aromatic N) is 1. The standard InChI is InChI=1S/C18H19NO3/c1-3-21-18(20)10-9-16-12-19-17(11-14(16)2)22-13-15-7-5-4-6-8-15/h4-12H,3,13H2,1-2H3/b10-9+. The van der Waals surface area contributed by atoms with Crippen LogP contribution >= 0.6 is 0 Å². The van der Waals surface area contributed by atoms with Gasteiger partial charge >= 0.3 is 5.97 Å². The number of rotatable bonds is 6. The number of hydrogen-bond acceptors (Lipinski definition) is 4. The van der Waals surface area contributed by atoms with E-state index < -0.39 is 0 Å². The molecule has 0 aliphatic rings. The number of hydrogen-bond donors (Lipinski definition) is 0. The Morgan fingerprint density at radius 3 is 2.73 bits per heavy atom. The summed E-state index contributed by atoms with van der Waals surface area (Å²) in [5, 5.41) is 0. The monoisotopic (exact) mass is 297 g/mol. The molecule has 0 N–H and O–H groups in total. The summed E-state index contributed by atoms with van der Waals surface area (Å²) >= 11 is 0. The molecule has 0 aliphatic heterocycles. The number of aromatic nitrogens is 1. The van der Waals surface area contributed by atoms with Crippen LogP contribution in [-0.4, -0.2) is 17.6 Å². The molecule has 0 fully saturated rings. The maximum absolute atomic E-state index is 11.3. The molecule has 0 aliphatic carbocycles. The highest BCUT2D eigenvalue weighted by Gasteiger charge is 2.02. The van der Waals surface area contributed by atoms with Crippen LogP contribution in [0.4, 0.5) is 0 Å². The van der Waals surface area contributed by atoms with Gasteiger partial charge in [-0.1, -0.05) is 30.3 Å². The predicted molar refractivity (Wildman–Crippen MR) is 85.4 cm³/mol. The SMILES string of the molecule is CCOC(=O)/C=C/c1cnc(OCc2ccccc2)cc1C. The predicted octanol–water partition coefficient (Wildman–Crippen LogP) is 3.55. The van der Waals surface area contributed by atoms with Crippen LogP contribution in [0.1, 0.15) is 23.6 Å². The molecule has 2 aromatic rings. The van der Waals surface area contributed by atoms with Crippen molar-refractivity contribution in [2.45, 2.75) is 20.5 Å². The van der Waals surface area contributed by atoms with E-state index in [1.54, 1.807) is 19.2 Å². The maximum Gasteiger partial charge on any atom is 0.330 e. The summed E-state index contributed by atoms with van der Waals surface area (Å²) in [5.41, 5.74) is 2.94. The van der Waals surface area contributed by atoms with Crippen molar-refractivity contribution in [2.24, 2.45) is 0 Å². The quantitative estimate of drug-likeness (QED) is 0.604. The second-order valence-electron chi connectivity index (χ2n) is 4.74. The molecule has 0 amide bonds.